The second-order valence-electron chi connectivity index (χ2n) is 10.8. The Morgan fingerprint density at radius 3 is 2.11 bits per heavy atom. The van der Waals surface area contributed by atoms with Crippen molar-refractivity contribution in [2.45, 2.75) is 37.8 Å². The Labute approximate surface area is 263 Å². The number of carbonyl (C=O) groups excluding carboxylic acids is 2. The summed E-state index contributed by atoms with van der Waals surface area (Å²) >= 11 is 0. The van der Waals surface area contributed by atoms with Crippen molar-refractivity contribution in [3.63, 3.8) is 0 Å². The summed E-state index contributed by atoms with van der Waals surface area (Å²) in [6.07, 6.45) is 1.44. The normalized spacial score (nSPS) is 11.6. The van der Waals surface area contributed by atoms with Gasteiger partial charge in [0.05, 0.1) is 36.0 Å². The van der Waals surface area contributed by atoms with Crippen LogP contribution in [0.5, 0.6) is 11.5 Å². The fourth-order valence-electron chi connectivity index (χ4n) is 4.20. The summed E-state index contributed by atoms with van der Waals surface area (Å²) in [5, 5.41) is 4.06. The molecular weight excluding hydrogens is 594 g/mol. The van der Waals surface area contributed by atoms with Crippen LogP contribution in [0.2, 0.25) is 0 Å². The van der Waals surface area contributed by atoms with Crippen LogP contribution in [0, 0.1) is 0 Å². The third-order valence-corrected chi connectivity index (χ3v) is 8.04. The Hall–Kier alpha value is -5.16. The molecular formula is C34H35N3O7S. The molecule has 0 spiro atoms. The van der Waals surface area contributed by atoms with Crippen LogP contribution in [0.15, 0.2) is 113 Å². The van der Waals surface area contributed by atoms with E-state index in [9.17, 15) is 18.0 Å². The standard InChI is InChI=1S/C34H35N3O7S/c1-34(2,3)44-32(38)24-43-28-16-14-25(15-17-28)22-35-36-33(39)30-12-8-9-13-31(30)37(23-26-10-6-5-7-11-26)45(40,41)29-20-18-27(42-4)19-21-29/h5-22H,23-24H2,1-4H3,(H,36,39)/b35-22-. The molecule has 0 aliphatic carbocycles. The third kappa shape index (κ3) is 9.16. The molecule has 1 amide bonds. The van der Waals surface area contributed by atoms with Gasteiger partial charge in [0.15, 0.2) is 6.61 Å². The molecule has 0 radical (unpaired) electrons. The monoisotopic (exact) mass is 629 g/mol. The first-order valence-corrected chi connectivity index (χ1v) is 15.5. The minimum Gasteiger partial charge on any atom is -0.497 e. The van der Waals surface area contributed by atoms with Gasteiger partial charge in [0.2, 0.25) is 0 Å². The van der Waals surface area contributed by atoms with Gasteiger partial charge in [-0.25, -0.2) is 18.6 Å². The number of para-hydroxylation sites is 1. The maximum atomic E-state index is 14.0. The van der Waals surface area contributed by atoms with Gasteiger partial charge in [0.1, 0.15) is 17.1 Å². The van der Waals surface area contributed by atoms with E-state index < -0.39 is 27.5 Å². The molecule has 10 nitrogen and oxygen atoms in total. The lowest BCUT2D eigenvalue weighted by Crippen LogP contribution is -2.33. The second kappa shape index (κ2) is 14.5. The number of benzene rings is 4. The van der Waals surface area contributed by atoms with E-state index in [1.165, 1.54) is 29.8 Å². The molecule has 4 aromatic carbocycles. The fraction of sp³-hybridized carbons (Fsp3) is 0.206. The van der Waals surface area contributed by atoms with E-state index in [0.717, 1.165) is 5.56 Å². The number of hydrogen-bond donors (Lipinski definition) is 1. The summed E-state index contributed by atoms with van der Waals surface area (Å²) in [7, 11) is -2.60. The van der Waals surface area contributed by atoms with Gasteiger partial charge in [-0.15, -0.1) is 0 Å². The lowest BCUT2D eigenvalue weighted by molar-refractivity contribution is -0.157. The fourth-order valence-corrected chi connectivity index (χ4v) is 5.67. The van der Waals surface area contributed by atoms with Gasteiger partial charge in [0.25, 0.3) is 15.9 Å². The van der Waals surface area contributed by atoms with Gasteiger partial charge in [-0.05, 0) is 92.6 Å². The largest absolute Gasteiger partial charge is 0.497 e. The highest BCUT2D eigenvalue weighted by molar-refractivity contribution is 7.92. The molecule has 11 heteroatoms. The van der Waals surface area contributed by atoms with E-state index in [2.05, 4.69) is 10.5 Å². The zero-order chi connectivity index (χ0) is 32.5. The Balaban J connectivity index is 1.52. The van der Waals surface area contributed by atoms with E-state index in [1.54, 1.807) is 81.4 Å². The Kier molecular flexibility index (Phi) is 10.6. The number of nitrogens with one attached hydrogen (secondary N) is 1. The van der Waals surface area contributed by atoms with Crippen LogP contribution < -0.4 is 19.2 Å². The number of amides is 1. The van der Waals surface area contributed by atoms with E-state index >= 15 is 0 Å². The second-order valence-corrected chi connectivity index (χ2v) is 12.7. The lowest BCUT2D eigenvalue weighted by atomic mass is 10.1. The van der Waals surface area contributed by atoms with Gasteiger partial charge in [-0.3, -0.25) is 9.10 Å². The molecule has 4 aromatic rings. The third-order valence-electron chi connectivity index (χ3n) is 6.27. The van der Waals surface area contributed by atoms with Crippen LogP contribution in [0.25, 0.3) is 0 Å². The van der Waals surface area contributed by atoms with Crippen LogP contribution in [0.1, 0.15) is 42.3 Å². The summed E-state index contributed by atoms with van der Waals surface area (Å²) in [5.41, 5.74) is 3.59. The molecule has 0 aliphatic heterocycles. The number of ether oxygens (including phenoxy) is 3. The summed E-state index contributed by atoms with van der Waals surface area (Å²) in [6.45, 7) is 5.10. The minimum atomic E-state index is -4.10. The first-order chi connectivity index (χ1) is 21.5. The molecule has 0 aromatic heterocycles. The topological polar surface area (TPSA) is 124 Å². The first-order valence-electron chi connectivity index (χ1n) is 14.0. The van der Waals surface area contributed by atoms with Crippen molar-refractivity contribution in [2.24, 2.45) is 5.10 Å². The van der Waals surface area contributed by atoms with Crippen LogP contribution >= 0.6 is 0 Å². The van der Waals surface area contributed by atoms with Crippen LogP contribution in [0.3, 0.4) is 0 Å². The van der Waals surface area contributed by atoms with E-state index in [0.29, 0.717) is 17.1 Å². The summed E-state index contributed by atoms with van der Waals surface area (Å²) < 4.78 is 45.0. The Morgan fingerprint density at radius 1 is 0.844 bits per heavy atom. The maximum Gasteiger partial charge on any atom is 0.344 e. The van der Waals surface area contributed by atoms with E-state index in [-0.39, 0.29) is 29.3 Å². The van der Waals surface area contributed by atoms with Gasteiger partial charge < -0.3 is 14.2 Å². The minimum absolute atomic E-state index is 0.00882. The predicted molar refractivity (Wildman–Crippen MR) is 172 cm³/mol. The van der Waals surface area contributed by atoms with Crippen molar-refractivity contribution in [1.82, 2.24) is 5.43 Å². The zero-order valence-corrected chi connectivity index (χ0v) is 26.3. The number of hydrazone groups is 1. The van der Waals surface area contributed by atoms with Gasteiger partial charge in [-0.1, -0.05) is 42.5 Å². The smallest absolute Gasteiger partial charge is 0.344 e. The molecule has 1 N–H and O–H groups in total. The first kappa shape index (κ1) is 32.7. The molecule has 0 atom stereocenters. The molecule has 0 saturated heterocycles. The molecule has 4 rings (SSSR count). The molecule has 0 heterocycles. The number of sulfonamides is 1. The summed E-state index contributed by atoms with van der Waals surface area (Å²) in [5.74, 6) is -0.0888. The van der Waals surface area contributed by atoms with Crippen molar-refractivity contribution in [3.8, 4) is 11.5 Å². The zero-order valence-electron chi connectivity index (χ0n) is 25.5. The molecule has 0 unspecified atom stereocenters. The predicted octanol–water partition coefficient (Wildman–Crippen LogP) is 5.58. The van der Waals surface area contributed by atoms with Gasteiger partial charge >= 0.3 is 5.97 Å². The molecule has 0 aliphatic rings. The highest BCUT2D eigenvalue weighted by Crippen LogP contribution is 2.30. The van der Waals surface area contributed by atoms with E-state index in [4.69, 9.17) is 14.2 Å². The number of methoxy groups -OCH3 is 1. The van der Waals surface area contributed by atoms with Gasteiger partial charge in [0, 0.05) is 0 Å². The molecule has 45 heavy (non-hydrogen) atoms. The Bertz CT molecular complexity index is 1730. The van der Waals surface area contributed by atoms with Crippen molar-refractivity contribution in [3.05, 3.63) is 120 Å². The molecule has 0 fully saturated rings. The van der Waals surface area contributed by atoms with Crippen LogP contribution in [-0.2, 0) is 26.1 Å². The van der Waals surface area contributed by atoms with Crippen molar-refractivity contribution >= 4 is 33.8 Å². The number of esters is 1. The number of anilines is 1. The number of nitrogens with zero attached hydrogens (tertiary/aromatic N) is 2. The molecule has 234 valence electrons. The number of hydrogen-bond acceptors (Lipinski definition) is 8. The van der Waals surface area contributed by atoms with Gasteiger partial charge in [-0.2, -0.15) is 5.10 Å². The number of carbonyl (C=O) groups is 2. The van der Waals surface area contributed by atoms with Crippen LogP contribution in [0.4, 0.5) is 5.69 Å². The van der Waals surface area contributed by atoms with Crippen molar-refractivity contribution in [1.29, 1.82) is 0 Å². The average molecular weight is 630 g/mol. The number of rotatable bonds is 12. The maximum absolute atomic E-state index is 14.0. The quantitative estimate of drug-likeness (QED) is 0.123. The molecule has 0 saturated carbocycles. The van der Waals surface area contributed by atoms with E-state index in [1.807, 2.05) is 30.3 Å². The highest BCUT2D eigenvalue weighted by Gasteiger charge is 2.28. The Morgan fingerprint density at radius 2 is 1.47 bits per heavy atom. The molecule has 0 bridgehead atoms. The van der Waals surface area contributed by atoms with Crippen LogP contribution in [-0.4, -0.2) is 45.8 Å². The lowest BCUT2D eigenvalue weighted by Gasteiger charge is -2.26. The van der Waals surface area contributed by atoms with Crippen molar-refractivity contribution < 1.29 is 32.2 Å². The average Bonchev–Trinajstić information content (AvgIpc) is 3.03. The highest BCUT2D eigenvalue weighted by atomic mass is 32.2. The summed E-state index contributed by atoms with van der Waals surface area (Å²) in [6, 6.07) is 28.4. The summed E-state index contributed by atoms with van der Waals surface area (Å²) in [4.78, 5) is 25.3. The van der Waals surface area contributed by atoms with Crippen molar-refractivity contribution in [2.75, 3.05) is 18.0 Å². The SMILES string of the molecule is COc1ccc(S(=O)(=O)N(Cc2ccccc2)c2ccccc2C(=O)N/N=C\c2ccc(OCC(=O)OC(C)(C)C)cc2)cc1.